The zero-order chi connectivity index (χ0) is 73.4. The Morgan fingerprint density at radius 2 is 0.760 bits per heavy atom. The van der Waals surface area contributed by atoms with Crippen LogP contribution in [0.5, 0.6) is 17.2 Å². The Morgan fingerprint density at radius 3 is 1.07 bits per heavy atom. The number of aromatic nitrogens is 3. The second kappa shape index (κ2) is 29.7. The predicted octanol–water partition coefficient (Wildman–Crippen LogP) is 21.1. The summed E-state index contributed by atoms with van der Waals surface area (Å²) in [5, 5.41) is 34.9. The zero-order valence-electron chi connectivity index (χ0n) is 60.0. The molecule has 2 fully saturated rings. The van der Waals surface area contributed by atoms with Crippen LogP contribution in [0.15, 0.2) is 165 Å². The molecule has 104 heavy (non-hydrogen) atoms. The van der Waals surface area contributed by atoms with Crippen molar-refractivity contribution in [2.75, 3.05) is 11.0 Å². The van der Waals surface area contributed by atoms with E-state index in [0.717, 1.165) is 98.2 Å². The lowest BCUT2D eigenvalue weighted by Gasteiger charge is -2.28. The van der Waals surface area contributed by atoms with Crippen molar-refractivity contribution in [3.05, 3.63) is 207 Å². The molecule has 0 aliphatic heterocycles. The van der Waals surface area contributed by atoms with Crippen molar-refractivity contribution >= 4 is 99.2 Å². The molecule has 6 heterocycles. The number of anilines is 1. The smallest absolute Gasteiger partial charge is 0.336 e. The molecule has 2 saturated carbocycles. The number of benzene rings is 7. The summed E-state index contributed by atoms with van der Waals surface area (Å²) in [6.45, 7) is 17.7. The van der Waals surface area contributed by atoms with Crippen molar-refractivity contribution in [3.8, 4) is 51.6 Å². The van der Waals surface area contributed by atoms with Crippen LogP contribution in [0.3, 0.4) is 0 Å². The van der Waals surface area contributed by atoms with Gasteiger partial charge in [0.15, 0.2) is 17.3 Å². The molecular formula is C85H84N4O14S. The highest BCUT2D eigenvalue weighted by atomic mass is 32.2. The normalized spacial score (nSPS) is 14.6. The topological polar surface area (TPSA) is 264 Å². The SMILES string of the molecule is Cc1c(-c2cc(C(=O)O)c3c(O[C@@H](C)C4CCCCC4)ccc(C)c3n2)oc2ccccc12.Cc1c(-c2cc(C(=O)O)c3c(O[C@@H](C)c4ccc(NS(C)(=O)=O)cc4)ccc(C)c3n2)oc2ccccc12.Cc1c(-c2cc(C(=O)O)c3c(O[C@H](C)C4CCCCC4)ccc(C)c3n2)oc2ccccc12. The summed E-state index contributed by atoms with van der Waals surface area (Å²) in [5.41, 5.74) is 12.5. The second-order valence-corrected chi connectivity index (χ2v) is 29.5. The number of pyridine rings is 3. The molecule has 0 saturated heterocycles. The minimum Gasteiger partial charge on any atom is -0.490 e. The number of hydrogen-bond donors (Lipinski definition) is 4. The van der Waals surface area contributed by atoms with Gasteiger partial charge in [0.05, 0.1) is 67.9 Å². The van der Waals surface area contributed by atoms with Crippen LogP contribution in [0.2, 0.25) is 0 Å². The first-order valence-electron chi connectivity index (χ1n) is 35.5. The molecule has 15 rings (SSSR count). The fourth-order valence-electron chi connectivity index (χ4n) is 14.8. The third-order valence-electron chi connectivity index (χ3n) is 20.5. The minimum atomic E-state index is -3.38. The van der Waals surface area contributed by atoms with Gasteiger partial charge in [-0.2, -0.15) is 0 Å². The number of aryl methyl sites for hydroxylation is 6. The molecule has 19 heteroatoms. The van der Waals surface area contributed by atoms with E-state index < -0.39 is 34.0 Å². The molecule has 2 aliphatic carbocycles. The number of nitrogens with zero attached hydrogens (tertiary/aromatic N) is 3. The predicted molar refractivity (Wildman–Crippen MR) is 407 cm³/mol. The number of ether oxygens (including phenoxy) is 3. The van der Waals surface area contributed by atoms with Gasteiger partial charge in [-0.15, -0.1) is 0 Å². The van der Waals surface area contributed by atoms with E-state index in [1.54, 1.807) is 42.5 Å². The summed E-state index contributed by atoms with van der Waals surface area (Å²) in [5.74, 6) is 1.17. The molecular weight excluding hydrogens is 1330 g/mol. The first kappa shape index (κ1) is 71.3. The Morgan fingerprint density at radius 1 is 0.442 bits per heavy atom. The number of aromatic carboxylic acids is 3. The number of carboxylic acid groups (broad SMARTS) is 3. The van der Waals surface area contributed by atoms with Crippen LogP contribution in [0.1, 0.15) is 161 Å². The molecule has 7 aromatic carbocycles. The molecule has 13 aromatic rings. The van der Waals surface area contributed by atoms with Gasteiger partial charge in [-0.25, -0.2) is 37.8 Å². The molecule has 18 nitrogen and oxygen atoms in total. The van der Waals surface area contributed by atoms with Crippen LogP contribution in [0, 0.1) is 53.4 Å². The molecule has 0 radical (unpaired) electrons. The maximum atomic E-state index is 12.5. The summed E-state index contributed by atoms with van der Waals surface area (Å²) in [6.07, 6.45) is 12.8. The lowest BCUT2D eigenvalue weighted by atomic mass is 9.86. The molecule has 3 atom stereocenters. The third kappa shape index (κ3) is 14.7. The van der Waals surface area contributed by atoms with E-state index in [4.69, 9.17) is 42.4 Å². The number of carbonyl (C=O) groups is 3. The molecule has 534 valence electrons. The van der Waals surface area contributed by atoms with E-state index in [-0.39, 0.29) is 28.9 Å². The molecule has 2 aliphatic rings. The van der Waals surface area contributed by atoms with E-state index in [9.17, 15) is 38.1 Å². The summed E-state index contributed by atoms with van der Waals surface area (Å²) in [7, 11) is -3.38. The fourth-order valence-corrected chi connectivity index (χ4v) is 15.4. The average Bonchev–Trinajstić information content (AvgIpc) is 1.27. The molecule has 0 unspecified atom stereocenters. The lowest BCUT2D eigenvalue weighted by Crippen LogP contribution is -2.26. The molecule has 4 N–H and O–H groups in total. The highest BCUT2D eigenvalue weighted by Crippen LogP contribution is 2.44. The third-order valence-corrected chi connectivity index (χ3v) is 21.1. The highest BCUT2D eigenvalue weighted by Gasteiger charge is 2.30. The van der Waals surface area contributed by atoms with Gasteiger partial charge in [0.1, 0.15) is 57.2 Å². The molecule has 0 spiro atoms. The number of carboxylic acids is 3. The van der Waals surface area contributed by atoms with Crippen molar-refractivity contribution < 1.29 is 65.6 Å². The van der Waals surface area contributed by atoms with Gasteiger partial charge in [0.25, 0.3) is 0 Å². The second-order valence-electron chi connectivity index (χ2n) is 27.7. The Bertz CT molecular complexity index is 5380. The lowest BCUT2D eigenvalue weighted by molar-refractivity contribution is 0.0687. The standard InChI is InChI=1S/C29H26N2O6S.2C28H29NO4/c1-16-9-14-25(36-18(3)19-10-12-20(13-11-19)31-38(4,34)35)26-22(29(32)33)15-23(30-27(16)26)28-17(2)21-7-5-6-8-24(21)37-28;2*1-16-13-14-24(32-18(3)19-9-5-4-6-10-19)25-21(28(30)31)15-22(29-26(16)25)27-17(2)20-11-7-8-12-23(20)33-27/h5-15,18,31H,1-4H3,(H,32,33);2*7-8,11-15,18-19H,4-6,9-10H2,1-3H3,(H,30,31)/t3*18-/m010/s1. The number of rotatable bonds is 17. The van der Waals surface area contributed by atoms with E-state index in [1.165, 1.54) is 44.6 Å². The first-order valence-corrected chi connectivity index (χ1v) is 37.3. The first-order chi connectivity index (χ1) is 49.9. The number of nitrogens with one attached hydrogen (secondary N) is 1. The van der Waals surface area contributed by atoms with E-state index >= 15 is 0 Å². The number of hydrogen-bond acceptors (Lipinski definition) is 14. The summed E-state index contributed by atoms with van der Waals surface area (Å²) >= 11 is 0. The van der Waals surface area contributed by atoms with Gasteiger partial charge in [0, 0.05) is 38.5 Å². The Kier molecular flexibility index (Phi) is 20.4. The molecule has 6 aromatic heterocycles. The van der Waals surface area contributed by atoms with Gasteiger partial charge in [-0.1, -0.05) is 123 Å². The highest BCUT2D eigenvalue weighted by molar-refractivity contribution is 7.92. The van der Waals surface area contributed by atoms with Gasteiger partial charge in [-0.05, 0) is 189 Å². The van der Waals surface area contributed by atoms with E-state index in [1.807, 2.05) is 152 Å². The van der Waals surface area contributed by atoms with Gasteiger partial charge < -0.3 is 42.8 Å². The van der Waals surface area contributed by atoms with Crippen molar-refractivity contribution in [3.63, 3.8) is 0 Å². The van der Waals surface area contributed by atoms with Gasteiger partial charge in [-0.3, -0.25) is 4.72 Å². The van der Waals surface area contributed by atoms with Crippen LogP contribution >= 0.6 is 0 Å². The number of furan rings is 3. The Hall–Kier alpha value is -11.1. The summed E-state index contributed by atoms with van der Waals surface area (Å²) in [4.78, 5) is 51.8. The largest absolute Gasteiger partial charge is 0.490 e. The average molecular weight is 1420 g/mol. The fraction of sp³-hybridized carbons (Fsp3) is 0.294. The minimum absolute atomic E-state index is 0.0233. The van der Waals surface area contributed by atoms with Crippen molar-refractivity contribution in [1.29, 1.82) is 0 Å². The number of sulfonamides is 1. The van der Waals surface area contributed by atoms with Crippen molar-refractivity contribution in [1.82, 2.24) is 15.0 Å². The Labute approximate surface area is 603 Å². The maximum absolute atomic E-state index is 12.5. The van der Waals surface area contributed by atoms with Crippen molar-refractivity contribution in [2.24, 2.45) is 11.8 Å². The van der Waals surface area contributed by atoms with E-state index in [0.29, 0.717) is 107 Å². The van der Waals surface area contributed by atoms with Crippen LogP contribution < -0.4 is 18.9 Å². The monoisotopic (exact) mass is 1420 g/mol. The van der Waals surface area contributed by atoms with Crippen LogP contribution in [0.4, 0.5) is 5.69 Å². The van der Waals surface area contributed by atoms with Crippen molar-refractivity contribution in [2.45, 2.75) is 145 Å². The van der Waals surface area contributed by atoms with E-state index in [2.05, 4.69) is 18.6 Å². The number of fused-ring (bicyclic) bond motifs is 6. The Balaban J connectivity index is 0.000000139. The van der Waals surface area contributed by atoms with Crippen LogP contribution in [-0.2, 0) is 10.0 Å². The molecule has 0 bridgehead atoms. The quantitative estimate of drug-likeness (QED) is 0.0660. The summed E-state index contributed by atoms with van der Waals surface area (Å²) < 4.78 is 62.7. The summed E-state index contributed by atoms with van der Waals surface area (Å²) in [6, 6.07) is 46.1. The van der Waals surface area contributed by atoms with Crippen LogP contribution in [0.25, 0.3) is 100.0 Å². The molecule has 0 amide bonds. The zero-order valence-corrected chi connectivity index (χ0v) is 60.8. The van der Waals surface area contributed by atoms with Gasteiger partial charge >= 0.3 is 17.9 Å². The maximum Gasteiger partial charge on any atom is 0.336 e. The van der Waals surface area contributed by atoms with Gasteiger partial charge in [0.2, 0.25) is 10.0 Å². The number of para-hydroxylation sites is 3. The van der Waals surface area contributed by atoms with Crippen LogP contribution in [-0.4, -0.2) is 75.1 Å².